The van der Waals surface area contributed by atoms with E-state index < -0.39 is 0 Å². The van der Waals surface area contributed by atoms with Crippen LogP contribution < -0.4 is 5.73 Å². The summed E-state index contributed by atoms with van der Waals surface area (Å²) in [7, 11) is 0. The Bertz CT molecular complexity index is 500. The largest absolute Gasteiger partial charge is 0.326 e. The summed E-state index contributed by atoms with van der Waals surface area (Å²) in [5.74, 6) is 0.763. The predicted molar refractivity (Wildman–Crippen MR) is 65.9 cm³/mol. The van der Waals surface area contributed by atoms with Gasteiger partial charge in [-0.2, -0.15) is 4.37 Å². The molecule has 0 fully saturated rings. The van der Waals surface area contributed by atoms with Gasteiger partial charge in [0.05, 0.1) is 5.02 Å². The van der Waals surface area contributed by atoms with Crippen LogP contribution in [0, 0.1) is 6.92 Å². The van der Waals surface area contributed by atoms with Gasteiger partial charge in [-0.25, -0.2) is 9.97 Å². The molecule has 0 aliphatic carbocycles. The molecule has 4 nitrogen and oxygen atoms in total. The van der Waals surface area contributed by atoms with Gasteiger partial charge in [0.25, 0.3) is 0 Å². The molecule has 2 aromatic rings. The molecule has 0 bridgehead atoms. The topological polar surface area (TPSA) is 64.7 Å². The van der Waals surface area contributed by atoms with E-state index in [4.69, 9.17) is 17.3 Å². The van der Waals surface area contributed by atoms with Crippen molar-refractivity contribution in [3.8, 4) is 0 Å². The number of pyridine rings is 1. The smallest absolute Gasteiger partial charge is 0.176 e. The average Bonchev–Trinajstić information content (AvgIpc) is 2.67. The number of rotatable bonds is 3. The Labute approximate surface area is 106 Å². The van der Waals surface area contributed by atoms with Crippen molar-refractivity contribution in [3.05, 3.63) is 28.7 Å². The lowest BCUT2D eigenvalue weighted by Gasteiger charge is -2.04. The number of nitrogens with two attached hydrogens (primary N) is 1. The summed E-state index contributed by atoms with van der Waals surface area (Å²) in [5, 5.41) is 1.32. The summed E-state index contributed by atoms with van der Waals surface area (Å²) in [4.78, 5) is 8.45. The molecule has 0 atom stereocenters. The van der Waals surface area contributed by atoms with Gasteiger partial charge in [-0.3, -0.25) is 0 Å². The van der Waals surface area contributed by atoms with Crippen molar-refractivity contribution in [2.45, 2.75) is 22.8 Å². The van der Waals surface area contributed by atoms with Gasteiger partial charge in [0.2, 0.25) is 0 Å². The SMILES string of the molecule is Cc1nsc(Sc2nccc(CN)c2Cl)n1. The highest BCUT2D eigenvalue weighted by atomic mass is 35.5. The second kappa shape index (κ2) is 5.09. The van der Waals surface area contributed by atoms with E-state index in [1.807, 2.05) is 13.0 Å². The van der Waals surface area contributed by atoms with Gasteiger partial charge in [-0.1, -0.05) is 11.6 Å². The van der Waals surface area contributed by atoms with Gasteiger partial charge in [-0.05, 0) is 41.8 Å². The number of aryl methyl sites for hydroxylation is 1. The van der Waals surface area contributed by atoms with Crippen LogP contribution in [0.4, 0.5) is 0 Å². The molecule has 7 heteroatoms. The van der Waals surface area contributed by atoms with Gasteiger partial charge < -0.3 is 5.73 Å². The molecule has 0 saturated carbocycles. The highest BCUT2D eigenvalue weighted by molar-refractivity contribution is 8.01. The van der Waals surface area contributed by atoms with E-state index in [1.54, 1.807) is 6.20 Å². The Morgan fingerprint density at radius 2 is 2.38 bits per heavy atom. The lowest BCUT2D eigenvalue weighted by atomic mass is 10.3. The van der Waals surface area contributed by atoms with Crippen LogP contribution in [0.2, 0.25) is 5.02 Å². The molecule has 0 saturated heterocycles. The number of aromatic nitrogens is 3. The third kappa shape index (κ3) is 2.52. The third-order valence-corrected chi connectivity index (χ3v) is 4.23. The fourth-order valence-corrected chi connectivity index (χ4v) is 3.00. The predicted octanol–water partition coefficient (Wildman–Crippen LogP) is 2.50. The molecule has 0 amide bonds. The van der Waals surface area contributed by atoms with Gasteiger partial charge in [0.15, 0.2) is 4.34 Å². The van der Waals surface area contributed by atoms with Crippen LogP contribution in [0.25, 0.3) is 0 Å². The van der Waals surface area contributed by atoms with Crippen molar-refractivity contribution in [1.82, 2.24) is 14.3 Å². The van der Waals surface area contributed by atoms with Crippen LogP contribution in [0.3, 0.4) is 0 Å². The van der Waals surface area contributed by atoms with Crippen LogP contribution in [0.5, 0.6) is 0 Å². The summed E-state index contributed by atoms with van der Waals surface area (Å²) >= 11 is 8.91. The molecule has 16 heavy (non-hydrogen) atoms. The molecule has 0 aliphatic rings. The van der Waals surface area contributed by atoms with Crippen LogP contribution in [-0.4, -0.2) is 14.3 Å². The zero-order valence-electron chi connectivity index (χ0n) is 8.48. The molecule has 2 rings (SSSR count). The first-order chi connectivity index (χ1) is 7.70. The maximum absolute atomic E-state index is 6.16. The summed E-state index contributed by atoms with van der Waals surface area (Å²) < 4.78 is 4.93. The van der Waals surface area contributed by atoms with E-state index >= 15 is 0 Å². The van der Waals surface area contributed by atoms with Gasteiger partial charge in [0, 0.05) is 12.7 Å². The van der Waals surface area contributed by atoms with Crippen molar-refractivity contribution in [1.29, 1.82) is 0 Å². The van der Waals surface area contributed by atoms with E-state index in [0.717, 1.165) is 20.8 Å². The van der Waals surface area contributed by atoms with Crippen molar-refractivity contribution >= 4 is 34.9 Å². The van der Waals surface area contributed by atoms with Gasteiger partial charge >= 0.3 is 0 Å². The maximum Gasteiger partial charge on any atom is 0.176 e. The summed E-state index contributed by atoms with van der Waals surface area (Å²) in [6.07, 6.45) is 1.70. The molecule has 0 aliphatic heterocycles. The van der Waals surface area contributed by atoms with Crippen molar-refractivity contribution in [3.63, 3.8) is 0 Å². The number of hydrogen-bond acceptors (Lipinski definition) is 6. The summed E-state index contributed by atoms with van der Waals surface area (Å²) in [6, 6.07) is 1.82. The quantitative estimate of drug-likeness (QED) is 0.930. The Kier molecular flexibility index (Phi) is 3.75. The van der Waals surface area contributed by atoms with E-state index in [-0.39, 0.29) is 0 Å². The standard InChI is InChI=1S/C9H9ClN4S2/c1-5-13-9(16-14-5)15-8-7(10)6(4-11)2-3-12-8/h2-3H,4,11H2,1H3. The number of nitrogens with zero attached hydrogens (tertiary/aromatic N) is 3. The normalized spacial score (nSPS) is 10.7. The number of halogens is 1. The van der Waals surface area contributed by atoms with Crippen molar-refractivity contribution in [2.75, 3.05) is 0 Å². The van der Waals surface area contributed by atoms with Crippen LogP contribution in [-0.2, 0) is 6.54 Å². The second-order valence-electron chi connectivity index (χ2n) is 3.00. The van der Waals surface area contributed by atoms with E-state index in [0.29, 0.717) is 11.6 Å². The monoisotopic (exact) mass is 272 g/mol. The minimum absolute atomic E-state index is 0.407. The highest BCUT2D eigenvalue weighted by Gasteiger charge is 2.10. The summed E-state index contributed by atoms with van der Waals surface area (Å²) in [5.41, 5.74) is 6.46. The Balaban J connectivity index is 2.28. The molecule has 0 aromatic carbocycles. The molecule has 2 N–H and O–H groups in total. The van der Waals surface area contributed by atoms with Gasteiger partial charge in [-0.15, -0.1) is 0 Å². The van der Waals surface area contributed by atoms with E-state index in [1.165, 1.54) is 23.3 Å². The fourth-order valence-electron chi connectivity index (χ4n) is 1.09. The second-order valence-corrected chi connectivity index (χ2v) is 5.37. The van der Waals surface area contributed by atoms with Crippen LogP contribution in [0.15, 0.2) is 21.6 Å². The molecule has 2 heterocycles. The molecule has 2 aromatic heterocycles. The van der Waals surface area contributed by atoms with E-state index in [2.05, 4.69) is 14.3 Å². The first kappa shape index (κ1) is 11.8. The zero-order chi connectivity index (χ0) is 11.5. The minimum atomic E-state index is 0.407. The van der Waals surface area contributed by atoms with Crippen LogP contribution >= 0.6 is 34.9 Å². The first-order valence-corrected chi connectivity index (χ1v) is 6.49. The first-order valence-electron chi connectivity index (χ1n) is 4.52. The maximum atomic E-state index is 6.16. The van der Waals surface area contributed by atoms with E-state index in [9.17, 15) is 0 Å². The highest BCUT2D eigenvalue weighted by Crippen LogP contribution is 2.33. The lowest BCUT2D eigenvalue weighted by molar-refractivity contribution is 1.01. The third-order valence-electron chi connectivity index (χ3n) is 1.85. The zero-order valence-corrected chi connectivity index (χ0v) is 10.9. The minimum Gasteiger partial charge on any atom is -0.326 e. The average molecular weight is 273 g/mol. The lowest BCUT2D eigenvalue weighted by Crippen LogP contribution is -1.98. The number of hydrogen-bond donors (Lipinski definition) is 1. The summed E-state index contributed by atoms with van der Waals surface area (Å²) in [6.45, 7) is 2.26. The molecule has 84 valence electrons. The van der Waals surface area contributed by atoms with Crippen molar-refractivity contribution < 1.29 is 0 Å². The van der Waals surface area contributed by atoms with Gasteiger partial charge in [0.1, 0.15) is 10.9 Å². The Hall–Kier alpha value is -0.690. The molecule has 0 radical (unpaired) electrons. The molecule has 0 spiro atoms. The fraction of sp³-hybridized carbons (Fsp3) is 0.222. The Morgan fingerprint density at radius 3 is 3.00 bits per heavy atom. The Morgan fingerprint density at radius 1 is 1.56 bits per heavy atom. The van der Waals surface area contributed by atoms with Crippen LogP contribution in [0.1, 0.15) is 11.4 Å². The molecular weight excluding hydrogens is 264 g/mol. The van der Waals surface area contributed by atoms with Crippen molar-refractivity contribution in [2.24, 2.45) is 5.73 Å². The molecular formula is C9H9ClN4S2. The molecule has 0 unspecified atom stereocenters.